The van der Waals surface area contributed by atoms with E-state index in [1.54, 1.807) is 0 Å². The van der Waals surface area contributed by atoms with Crippen LogP contribution in [0, 0.1) is 6.92 Å². The molecule has 3 heteroatoms. The minimum Gasteiger partial charge on any atom is -0.306 e. The predicted octanol–water partition coefficient (Wildman–Crippen LogP) is 3.62. The van der Waals surface area contributed by atoms with Gasteiger partial charge in [0.05, 0.1) is 6.20 Å². The van der Waals surface area contributed by atoms with E-state index in [2.05, 4.69) is 68.6 Å². The highest BCUT2D eigenvalue weighted by molar-refractivity contribution is 5.28. The van der Waals surface area contributed by atoms with E-state index in [0.29, 0.717) is 12.1 Å². The Hall–Kier alpha value is -1.61. The molecule has 0 fully saturated rings. The van der Waals surface area contributed by atoms with Gasteiger partial charge in [0.15, 0.2) is 0 Å². The molecule has 0 unspecified atom stereocenters. The molecule has 0 saturated heterocycles. The molecular weight excluding hydrogens is 234 g/mol. The number of aryl methyl sites for hydroxylation is 1. The van der Waals surface area contributed by atoms with Gasteiger partial charge in [-0.05, 0) is 38.8 Å². The maximum Gasteiger partial charge on any atom is 0.0534 e. The van der Waals surface area contributed by atoms with E-state index in [1.165, 1.54) is 16.7 Å². The van der Waals surface area contributed by atoms with Crippen molar-refractivity contribution in [2.75, 3.05) is 0 Å². The summed E-state index contributed by atoms with van der Waals surface area (Å²) in [6, 6.07) is 9.29. The lowest BCUT2D eigenvalue weighted by Crippen LogP contribution is -2.18. The van der Waals surface area contributed by atoms with Crippen LogP contribution in [0.4, 0.5) is 0 Å². The third kappa shape index (κ3) is 3.44. The fourth-order valence-electron chi connectivity index (χ4n) is 2.20. The molecule has 0 radical (unpaired) electrons. The Balaban J connectivity index is 1.96. The van der Waals surface area contributed by atoms with E-state index in [9.17, 15) is 0 Å². The molecular formula is C16H23N3. The van der Waals surface area contributed by atoms with Crippen molar-refractivity contribution in [3.63, 3.8) is 0 Å². The molecule has 0 saturated carbocycles. The van der Waals surface area contributed by atoms with Gasteiger partial charge in [-0.3, -0.25) is 4.68 Å². The summed E-state index contributed by atoms with van der Waals surface area (Å²) in [5.41, 5.74) is 3.92. The summed E-state index contributed by atoms with van der Waals surface area (Å²) in [6.07, 6.45) is 4.06. The fraction of sp³-hybridized carbons (Fsp3) is 0.438. The molecule has 1 aromatic carbocycles. The van der Waals surface area contributed by atoms with E-state index >= 15 is 0 Å². The molecule has 1 aromatic heterocycles. The van der Waals surface area contributed by atoms with Gasteiger partial charge in [0, 0.05) is 30.4 Å². The van der Waals surface area contributed by atoms with E-state index in [4.69, 9.17) is 0 Å². The highest BCUT2D eigenvalue weighted by Gasteiger charge is 2.08. The first kappa shape index (κ1) is 13.8. The van der Waals surface area contributed by atoms with Gasteiger partial charge in [-0.1, -0.05) is 24.3 Å². The zero-order valence-corrected chi connectivity index (χ0v) is 12.2. The van der Waals surface area contributed by atoms with Crippen LogP contribution in [-0.2, 0) is 6.54 Å². The Kier molecular flexibility index (Phi) is 4.38. The number of benzene rings is 1. The minimum absolute atomic E-state index is 0.351. The van der Waals surface area contributed by atoms with Crippen molar-refractivity contribution in [3.8, 4) is 0 Å². The second kappa shape index (κ2) is 6.02. The largest absolute Gasteiger partial charge is 0.306 e. The molecule has 102 valence electrons. The third-order valence-electron chi connectivity index (χ3n) is 3.45. The average Bonchev–Trinajstić information content (AvgIpc) is 2.85. The topological polar surface area (TPSA) is 29.9 Å². The van der Waals surface area contributed by atoms with E-state index in [0.717, 1.165) is 6.54 Å². The van der Waals surface area contributed by atoms with E-state index in [1.807, 2.05) is 10.9 Å². The summed E-state index contributed by atoms with van der Waals surface area (Å²) in [5.74, 6) is 0. The van der Waals surface area contributed by atoms with Crippen LogP contribution in [0.5, 0.6) is 0 Å². The lowest BCUT2D eigenvalue weighted by atomic mass is 10.0. The van der Waals surface area contributed by atoms with Crippen LogP contribution in [0.25, 0.3) is 0 Å². The van der Waals surface area contributed by atoms with Gasteiger partial charge in [-0.2, -0.15) is 5.10 Å². The molecule has 1 atom stereocenters. The molecule has 1 heterocycles. The van der Waals surface area contributed by atoms with Crippen LogP contribution in [-0.4, -0.2) is 9.78 Å². The lowest BCUT2D eigenvalue weighted by Gasteiger charge is -2.16. The number of hydrogen-bond acceptors (Lipinski definition) is 2. The van der Waals surface area contributed by atoms with Crippen LogP contribution < -0.4 is 5.32 Å². The summed E-state index contributed by atoms with van der Waals surface area (Å²) < 4.78 is 2.00. The lowest BCUT2D eigenvalue weighted by molar-refractivity contribution is 0.530. The normalized spacial score (nSPS) is 12.9. The van der Waals surface area contributed by atoms with Gasteiger partial charge in [0.2, 0.25) is 0 Å². The molecule has 0 bridgehead atoms. The first-order valence-electron chi connectivity index (χ1n) is 6.90. The third-order valence-corrected chi connectivity index (χ3v) is 3.45. The molecule has 0 aliphatic rings. The van der Waals surface area contributed by atoms with Gasteiger partial charge in [-0.15, -0.1) is 0 Å². The molecule has 2 rings (SSSR count). The van der Waals surface area contributed by atoms with Crippen LogP contribution in [0.15, 0.2) is 36.7 Å². The molecule has 3 nitrogen and oxygen atoms in total. The van der Waals surface area contributed by atoms with Crippen molar-refractivity contribution in [3.05, 3.63) is 53.3 Å². The van der Waals surface area contributed by atoms with E-state index < -0.39 is 0 Å². The zero-order chi connectivity index (χ0) is 13.8. The summed E-state index contributed by atoms with van der Waals surface area (Å²) in [6.45, 7) is 9.49. The number of rotatable bonds is 5. The van der Waals surface area contributed by atoms with Crippen LogP contribution in [0.2, 0.25) is 0 Å². The monoisotopic (exact) mass is 257 g/mol. The Labute approximate surface area is 115 Å². The van der Waals surface area contributed by atoms with Gasteiger partial charge < -0.3 is 5.32 Å². The maximum atomic E-state index is 4.36. The Morgan fingerprint density at radius 2 is 1.95 bits per heavy atom. The standard InChI is InChI=1S/C16H23N3/c1-12(2)19-11-15(10-18-19)9-17-14(4)16-8-6-5-7-13(16)3/h5-8,10-12,14,17H,9H2,1-4H3/t14-/m1/s1. The molecule has 19 heavy (non-hydrogen) atoms. The van der Waals surface area contributed by atoms with Crippen molar-refractivity contribution >= 4 is 0 Å². The second-order valence-electron chi connectivity index (χ2n) is 5.38. The maximum absolute atomic E-state index is 4.36. The quantitative estimate of drug-likeness (QED) is 0.886. The average molecular weight is 257 g/mol. The van der Waals surface area contributed by atoms with Gasteiger partial charge in [0.1, 0.15) is 0 Å². The molecule has 1 N–H and O–H groups in total. The molecule has 0 spiro atoms. The number of nitrogens with one attached hydrogen (secondary N) is 1. The van der Waals surface area contributed by atoms with Crippen molar-refractivity contribution < 1.29 is 0 Å². The summed E-state index contributed by atoms with van der Waals surface area (Å²) >= 11 is 0. The van der Waals surface area contributed by atoms with Gasteiger partial charge in [0.25, 0.3) is 0 Å². The first-order valence-corrected chi connectivity index (χ1v) is 6.90. The summed E-state index contributed by atoms with van der Waals surface area (Å²) in [7, 11) is 0. The van der Waals surface area contributed by atoms with E-state index in [-0.39, 0.29) is 0 Å². The highest BCUT2D eigenvalue weighted by Crippen LogP contribution is 2.17. The Bertz CT molecular complexity index is 528. The molecule has 2 aromatic rings. The first-order chi connectivity index (χ1) is 9.08. The summed E-state index contributed by atoms with van der Waals surface area (Å²) in [4.78, 5) is 0. The molecule has 0 amide bonds. The molecule has 0 aliphatic carbocycles. The fourth-order valence-corrected chi connectivity index (χ4v) is 2.20. The highest BCUT2D eigenvalue weighted by atomic mass is 15.3. The summed E-state index contributed by atoms with van der Waals surface area (Å²) in [5, 5.41) is 7.92. The van der Waals surface area contributed by atoms with Crippen molar-refractivity contribution in [1.29, 1.82) is 0 Å². The SMILES string of the molecule is Cc1ccccc1[C@@H](C)NCc1cnn(C(C)C)c1. The Morgan fingerprint density at radius 3 is 2.58 bits per heavy atom. The minimum atomic E-state index is 0.351. The van der Waals surface area contributed by atoms with Crippen molar-refractivity contribution in [2.24, 2.45) is 0 Å². The second-order valence-corrected chi connectivity index (χ2v) is 5.38. The number of hydrogen-bond donors (Lipinski definition) is 1. The number of aromatic nitrogens is 2. The van der Waals surface area contributed by atoms with Crippen molar-refractivity contribution in [2.45, 2.75) is 46.3 Å². The number of nitrogens with zero attached hydrogens (tertiary/aromatic N) is 2. The van der Waals surface area contributed by atoms with Crippen LogP contribution in [0.3, 0.4) is 0 Å². The van der Waals surface area contributed by atoms with Gasteiger partial charge >= 0.3 is 0 Å². The van der Waals surface area contributed by atoms with Crippen molar-refractivity contribution in [1.82, 2.24) is 15.1 Å². The molecule has 0 aliphatic heterocycles. The smallest absolute Gasteiger partial charge is 0.0534 e. The zero-order valence-electron chi connectivity index (χ0n) is 12.2. The Morgan fingerprint density at radius 1 is 1.21 bits per heavy atom. The van der Waals surface area contributed by atoms with Gasteiger partial charge in [-0.25, -0.2) is 0 Å². The van der Waals surface area contributed by atoms with Crippen LogP contribution >= 0.6 is 0 Å². The predicted molar refractivity (Wildman–Crippen MR) is 79.0 cm³/mol. The van der Waals surface area contributed by atoms with Crippen LogP contribution in [0.1, 0.15) is 49.5 Å².